The fourth-order valence-electron chi connectivity index (χ4n) is 5.04. The summed E-state index contributed by atoms with van der Waals surface area (Å²) in [5.41, 5.74) is 1.76. The quantitative estimate of drug-likeness (QED) is 0.204. The van der Waals surface area contributed by atoms with Crippen LogP contribution in [0.2, 0.25) is 0 Å². The predicted molar refractivity (Wildman–Crippen MR) is 140 cm³/mol. The zero-order valence-electron chi connectivity index (χ0n) is 21.2. The lowest BCUT2D eigenvalue weighted by atomic mass is 9.85. The Labute approximate surface area is 222 Å². The highest BCUT2D eigenvalue weighted by Gasteiger charge is 2.39. The highest BCUT2D eigenvalue weighted by molar-refractivity contribution is 6.15. The number of ether oxygens (including phenoxy) is 5. The van der Waals surface area contributed by atoms with Gasteiger partial charge in [0.15, 0.2) is 22.7 Å². The topological polar surface area (TPSA) is 111 Å². The lowest BCUT2D eigenvalue weighted by Gasteiger charge is -2.25. The minimum atomic E-state index is -0.731. The number of fused-ring (bicyclic) bond motifs is 4. The molecule has 1 atom stereocenters. The van der Waals surface area contributed by atoms with E-state index in [4.69, 9.17) is 28.1 Å². The summed E-state index contributed by atoms with van der Waals surface area (Å²) in [6, 6.07) is 13.3. The molecule has 9 nitrogen and oxygen atoms in total. The molecule has 3 aromatic carbocycles. The molecule has 0 saturated heterocycles. The van der Waals surface area contributed by atoms with Gasteiger partial charge in [0, 0.05) is 17.0 Å². The van der Waals surface area contributed by atoms with Gasteiger partial charge < -0.3 is 28.1 Å². The number of methoxy groups -OCH3 is 3. The van der Waals surface area contributed by atoms with Crippen molar-refractivity contribution in [2.24, 2.45) is 0 Å². The van der Waals surface area contributed by atoms with Crippen LogP contribution in [0.3, 0.4) is 0 Å². The molecular formula is C30H22O9. The molecule has 0 N–H and O–H groups in total. The largest absolute Gasteiger partial charge is 0.493 e. The third kappa shape index (κ3) is 3.90. The van der Waals surface area contributed by atoms with Crippen LogP contribution in [0, 0.1) is 0 Å². The maximum atomic E-state index is 13.4. The first-order chi connectivity index (χ1) is 18.9. The number of para-hydroxylation sites is 1. The number of hydrogen-bond acceptors (Lipinski definition) is 9. The van der Waals surface area contributed by atoms with E-state index < -0.39 is 11.9 Å². The Hall–Kier alpha value is -5.05. The van der Waals surface area contributed by atoms with E-state index in [-0.39, 0.29) is 40.5 Å². The average Bonchev–Trinajstić information content (AvgIpc) is 3.26. The van der Waals surface area contributed by atoms with Gasteiger partial charge in [-0.2, -0.15) is 0 Å². The monoisotopic (exact) mass is 526 g/mol. The van der Waals surface area contributed by atoms with E-state index in [1.807, 2.05) is 0 Å². The van der Waals surface area contributed by atoms with Crippen LogP contribution in [0.5, 0.6) is 28.7 Å². The number of Topliss-reactive ketones (excluding diaryl/α,β-unsaturated/α-hetero) is 1. The Balaban J connectivity index is 1.47. The molecule has 0 bridgehead atoms. The van der Waals surface area contributed by atoms with Crippen molar-refractivity contribution in [3.63, 3.8) is 0 Å². The third-order valence-electron chi connectivity index (χ3n) is 6.85. The van der Waals surface area contributed by atoms with Crippen LogP contribution < -0.4 is 29.1 Å². The first-order valence-corrected chi connectivity index (χ1v) is 12.1. The Morgan fingerprint density at radius 1 is 0.897 bits per heavy atom. The molecule has 2 aliphatic heterocycles. The van der Waals surface area contributed by atoms with Crippen LogP contribution >= 0.6 is 0 Å². The molecule has 1 aromatic heterocycles. The van der Waals surface area contributed by atoms with Crippen LogP contribution in [-0.2, 0) is 4.79 Å². The van der Waals surface area contributed by atoms with Gasteiger partial charge in [-0.25, -0.2) is 0 Å². The molecule has 0 spiro atoms. The molecular weight excluding hydrogens is 504 g/mol. The Morgan fingerprint density at radius 2 is 1.64 bits per heavy atom. The summed E-state index contributed by atoms with van der Waals surface area (Å²) in [7, 11) is 4.50. The molecule has 0 unspecified atom stereocenters. The van der Waals surface area contributed by atoms with Crippen LogP contribution in [0.1, 0.15) is 39.4 Å². The Kier molecular flexibility index (Phi) is 5.83. The first-order valence-electron chi connectivity index (χ1n) is 12.1. The van der Waals surface area contributed by atoms with Crippen molar-refractivity contribution < 1.29 is 37.7 Å². The molecule has 196 valence electrons. The highest BCUT2D eigenvalue weighted by Crippen LogP contribution is 2.49. The maximum absolute atomic E-state index is 13.4. The van der Waals surface area contributed by atoms with Gasteiger partial charge in [-0.1, -0.05) is 12.1 Å². The summed E-state index contributed by atoms with van der Waals surface area (Å²) < 4.78 is 33.5. The molecule has 4 aromatic rings. The standard InChI is InChI=1S/C30H22O9/c1-34-23-11-15(12-24(35-2)30(23)36-3)10-22-28(33)17-8-9-21-26(29(17)39-22)18(13-25(31)38-21)19-14-37-20-7-5-4-6-16(20)27(19)32/h4-12,14,18H,13H2,1-3H3/b22-10-/t18-/m0/s1. The minimum absolute atomic E-state index is 0.0499. The average molecular weight is 526 g/mol. The second kappa shape index (κ2) is 9.36. The van der Waals surface area contributed by atoms with E-state index in [2.05, 4.69) is 0 Å². The number of benzene rings is 3. The fourth-order valence-corrected chi connectivity index (χ4v) is 5.04. The lowest BCUT2D eigenvalue weighted by molar-refractivity contribution is -0.135. The molecule has 3 heterocycles. The summed E-state index contributed by atoms with van der Waals surface area (Å²) in [4.78, 5) is 39.3. The second-order valence-electron chi connectivity index (χ2n) is 9.00. The van der Waals surface area contributed by atoms with E-state index >= 15 is 0 Å². The van der Waals surface area contributed by atoms with Crippen molar-refractivity contribution in [1.82, 2.24) is 0 Å². The summed E-state index contributed by atoms with van der Waals surface area (Å²) in [5.74, 6) is 0.167. The number of carbonyl (C=O) groups is 2. The van der Waals surface area contributed by atoms with Crippen molar-refractivity contribution in [1.29, 1.82) is 0 Å². The van der Waals surface area contributed by atoms with Crippen LogP contribution in [0.15, 0.2) is 69.8 Å². The van der Waals surface area contributed by atoms with Crippen molar-refractivity contribution in [3.8, 4) is 28.7 Å². The summed E-state index contributed by atoms with van der Waals surface area (Å²) in [5, 5.41) is 0.392. The summed E-state index contributed by atoms with van der Waals surface area (Å²) >= 11 is 0. The summed E-state index contributed by atoms with van der Waals surface area (Å²) in [6.45, 7) is 0. The number of hydrogen-bond donors (Lipinski definition) is 0. The van der Waals surface area contributed by atoms with E-state index in [1.54, 1.807) is 54.6 Å². The molecule has 9 heteroatoms. The number of rotatable bonds is 5. The van der Waals surface area contributed by atoms with E-state index in [0.29, 0.717) is 44.9 Å². The zero-order chi connectivity index (χ0) is 27.3. The molecule has 6 rings (SSSR count). The number of carbonyl (C=O) groups excluding carboxylic acids is 2. The van der Waals surface area contributed by atoms with E-state index in [1.165, 1.54) is 27.6 Å². The van der Waals surface area contributed by atoms with Gasteiger partial charge in [0.25, 0.3) is 0 Å². The normalized spacial score (nSPS) is 16.9. The van der Waals surface area contributed by atoms with Crippen molar-refractivity contribution >= 4 is 28.8 Å². The van der Waals surface area contributed by atoms with Gasteiger partial charge in [-0.15, -0.1) is 0 Å². The van der Waals surface area contributed by atoms with Crippen molar-refractivity contribution in [2.45, 2.75) is 12.3 Å². The number of ketones is 1. The van der Waals surface area contributed by atoms with Gasteiger partial charge in [-0.3, -0.25) is 14.4 Å². The highest BCUT2D eigenvalue weighted by atomic mass is 16.5. The molecule has 39 heavy (non-hydrogen) atoms. The lowest BCUT2D eigenvalue weighted by Crippen LogP contribution is -2.25. The molecule has 0 aliphatic carbocycles. The number of esters is 1. The molecule has 0 amide bonds. The Morgan fingerprint density at radius 3 is 2.36 bits per heavy atom. The third-order valence-corrected chi connectivity index (χ3v) is 6.85. The van der Waals surface area contributed by atoms with Gasteiger partial charge in [-0.05, 0) is 48.0 Å². The first kappa shape index (κ1) is 24.3. The van der Waals surface area contributed by atoms with Crippen LogP contribution in [0.25, 0.3) is 17.0 Å². The molecule has 0 radical (unpaired) electrons. The summed E-state index contributed by atoms with van der Waals surface area (Å²) in [6.07, 6.45) is 2.81. The van der Waals surface area contributed by atoms with Crippen molar-refractivity contribution in [3.05, 3.63) is 93.0 Å². The predicted octanol–water partition coefficient (Wildman–Crippen LogP) is 4.88. The van der Waals surface area contributed by atoms with Gasteiger partial charge in [0.2, 0.25) is 11.5 Å². The second-order valence-corrected chi connectivity index (χ2v) is 9.00. The zero-order valence-corrected chi connectivity index (χ0v) is 21.2. The Bertz CT molecular complexity index is 1740. The fraction of sp³-hybridized carbons (Fsp3) is 0.167. The molecule has 0 fully saturated rings. The minimum Gasteiger partial charge on any atom is -0.493 e. The molecule has 0 saturated carbocycles. The van der Waals surface area contributed by atoms with Crippen molar-refractivity contribution in [2.75, 3.05) is 21.3 Å². The van der Waals surface area contributed by atoms with Gasteiger partial charge in [0.1, 0.15) is 17.1 Å². The van der Waals surface area contributed by atoms with E-state index in [0.717, 1.165) is 0 Å². The SMILES string of the molecule is COc1cc(/C=C2\Oc3c(ccc4c3[C@H](c3coc5ccccc5c3=O)CC(=O)O4)C2=O)cc(OC)c1OC. The van der Waals surface area contributed by atoms with Gasteiger partial charge >= 0.3 is 5.97 Å². The van der Waals surface area contributed by atoms with Gasteiger partial charge in [0.05, 0.1) is 45.0 Å². The van der Waals surface area contributed by atoms with E-state index in [9.17, 15) is 14.4 Å². The smallest absolute Gasteiger partial charge is 0.312 e. The maximum Gasteiger partial charge on any atom is 0.312 e. The number of allylic oxidation sites excluding steroid dienone is 1. The molecule has 2 aliphatic rings. The van der Waals surface area contributed by atoms with Crippen LogP contribution in [-0.4, -0.2) is 33.1 Å². The van der Waals surface area contributed by atoms with Crippen LogP contribution in [0.4, 0.5) is 0 Å².